The van der Waals surface area contributed by atoms with Crippen LogP contribution in [0, 0.1) is 0 Å². The van der Waals surface area contributed by atoms with Crippen LogP contribution in [-0.2, 0) is 0 Å². The maximum Gasteiger partial charge on any atom is 0.0642 e. The van der Waals surface area contributed by atoms with Crippen LogP contribution in [0.2, 0.25) is 0 Å². The summed E-state index contributed by atoms with van der Waals surface area (Å²) in [5, 5.41) is 1.74. The number of rotatable bonds is 2. The van der Waals surface area contributed by atoms with Crippen molar-refractivity contribution in [1.29, 1.82) is 0 Å². The largest absolute Gasteiger partial charge is 0.397 e. The Morgan fingerprint density at radius 1 is 1.70 bits per heavy atom. The minimum atomic E-state index is 0.701. The monoisotopic (exact) mass is 152 g/mol. The van der Waals surface area contributed by atoms with Crippen LogP contribution < -0.4 is 5.73 Å². The summed E-state index contributed by atoms with van der Waals surface area (Å²) >= 11 is 1.50. The molecule has 0 unspecified atom stereocenters. The van der Waals surface area contributed by atoms with Crippen LogP contribution in [0.5, 0.6) is 0 Å². The van der Waals surface area contributed by atoms with Crippen LogP contribution in [0.3, 0.4) is 0 Å². The maximum absolute atomic E-state index is 5.58. The second kappa shape index (κ2) is 3.27. The van der Waals surface area contributed by atoms with Crippen LogP contribution >= 0.6 is 11.8 Å². The van der Waals surface area contributed by atoms with E-state index in [9.17, 15) is 0 Å². The van der Waals surface area contributed by atoms with Crippen molar-refractivity contribution < 1.29 is 0 Å². The molecule has 2 N–H and O–H groups in total. The van der Waals surface area contributed by atoms with Crippen LogP contribution in [0.25, 0.3) is 0 Å². The lowest BCUT2D eigenvalue weighted by Crippen LogP contribution is -1.87. The number of nitrogen functional groups attached to an aromatic ring is 1. The SMILES string of the molecule is C=CSc1ccncc1N. The molecule has 1 heterocycles. The average molecular weight is 152 g/mol. The molecule has 0 spiro atoms. The van der Waals surface area contributed by atoms with Crippen LogP contribution in [-0.4, -0.2) is 4.98 Å². The Kier molecular flexibility index (Phi) is 2.34. The molecule has 0 amide bonds. The lowest BCUT2D eigenvalue weighted by atomic mass is 10.4. The number of aromatic nitrogens is 1. The molecule has 0 aromatic carbocycles. The number of pyridine rings is 1. The predicted octanol–water partition coefficient (Wildman–Crippen LogP) is 1.90. The number of nitrogens with two attached hydrogens (primary N) is 1. The van der Waals surface area contributed by atoms with Crippen molar-refractivity contribution >= 4 is 17.4 Å². The van der Waals surface area contributed by atoms with Gasteiger partial charge in [-0.2, -0.15) is 0 Å². The quantitative estimate of drug-likeness (QED) is 0.658. The van der Waals surface area contributed by atoms with Crippen molar-refractivity contribution in [3.63, 3.8) is 0 Å². The molecule has 0 aliphatic carbocycles. The zero-order chi connectivity index (χ0) is 7.40. The molecule has 0 aliphatic rings. The van der Waals surface area contributed by atoms with E-state index in [1.807, 2.05) is 6.07 Å². The molecule has 10 heavy (non-hydrogen) atoms. The first-order valence-electron chi connectivity index (χ1n) is 2.81. The zero-order valence-electron chi connectivity index (χ0n) is 5.45. The van der Waals surface area contributed by atoms with Gasteiger partial charge in [0.15, 0.2) is 0 Å². The van der Waals surface area contributed by atoms with E-state index in [1.165, 1.54) is 11.8 Å². The minimum Gasteiger partial charge on any atom is -0.397 e. The third kappa shape index (κ3) is 1.51. The molecule has 52 valence electrons. The molecule has 3 heteroatoms. The van der Waals surface area contributed by atoms with Crippen molar-refractivity contribution in [1.82, 2.24) is 4.98 Å². The molecule has 0 aliphatic heterocycles. The van der Waals surface area contributed by atoms with Crippen molar-refractivity contribution in [3.8, 4) is 0 Å². The fraction of sp³-hybridized carbons (Fsp3) is 0. The summed E-state index contributed by atoms with van der Waals surface area (Å²) in [6, 6.07) is 1.86. The summed E-state index contributed by atoms with van der Waals surface area (Å²) in [6.07, 6.45) is 3.34. The third-order valence-corrected chi connectivity index (χ3v) is 1.81. The second-order valence-corrected chi connectivity index (χ2v) is 2.71. The highest BCUT2D eigenvalue weighted by Gasteiger charge is 1.93. The van der Waals surface area contributed by atoms with Gasteiger partial charge in [0.25, 0.3) is 0 Å². The molecule has 0 saturated heterocycles. The Labute approximate surface area is 64.2 Å². The van der Waals surface area contributed by atoms with E-state index in [0.717, 1.165) is 4.90 Å². The van der Waals surface area contributed by atoms with Gasteiger partial charge < -0.3 is 5.73 Å². The molecule has 0 atom stereocenters. The molecule has 0 saturated carbocycles. The van der Waals surface area contributed by atoms with Crippen molar-refractivity contribution in [3.05, 3.63) is 30.4 Å². The summed E-state index contributed by atoms with van der Waals surface area (Å²) in [5.41, 5.74) is 6.28. The average Bonchev–Trinajstić information content (AvgIpc) is 1.94. The number of thioether (sulfide) groups is 1. The maximum atomic E-state index is 5.58. The van der Waals surface area contributed by atoms with Gasteiger partial charge in [0.1, 0.15) is 0 Å². The first kappa shape index (κ1) is 7.15. The first-order valence-corrected chi connectivity index (χ1v) is 3.69. The summed E-state index contributed by atoms with van der Waals surface area (Å²) in [4.78, 5) is 4.86. The number of hydrogen-bond donors (Lipinski definition) is 1. The van der Waals surface area contributed by atoms with Gasteiger partial charge in [-0.3, -0.25) is 4.98 Å². The van der Waals surface area contributed by atoms with E-state index < -0.39 is 0 Å². The number of hydrogen-bond acceptors (Lipinski definition) is 3. The Hall–Kier alpha value is -0.960. The van der Waals surface area contributed by atoms with Gasteiger partial charge in [-0.25, -0.2) is 0 Å². The fourth-order valence-electron chi connectivity index (χ4n) is 0.591. The normalized spacial score (nSPS) is 9.20. The van der Waals surface area contributed by atoms with Gasteiger partial charge in [0.2, 0.25) is 0 Å². The van der Waals surface area contributed by atoms with E-state index >= 15 is 0 Å². The Morgan fingerprint density at radius 3 is 3.10 bits per heavy atom. The lowest BCUT2D eigenvalue weighted by Gasteiger charge is -1.97. The molecule has 0 radical (unpaired) electrons. The fourth-order valence-corrected chi connectivity index (χ4v) is 1.10. The summed E-state index contributed by atoms with van der Waals surface area (Å²) in [7, 11) is 0. The lowest BCUT2D eigenvalue weighted by molar-refractivity contribution is 1.27. The highest BCUT2D eigenvalue weighted by atomic mass is 32.2. The van der Waals surface area contributed by atoms with Gasteiger partial charge >= 0.3 is 0 Å². The molecule has 1 aromatic heterocycles. The molecule has 1 aromatic rings. The third-order valence-electron chi connectivity index (χ3n) is 1.02. The molecular formula is C7H8N2S. The molecule has 1 rings (SSSR count). The highest BCUT2D eigenvalue weighted by molar-refractivity contribution is 8.02. The Balaban J connectivity index is 2.91. The molecule has 0 bridgehead atoms. The second-order valence-electron chi connectivity index (χ2n) is 1.70. The van der Waals surface area contributed by atoms with Crippen molar-refractivity contribution in [2.45, 2.75) is 4.90 Å². The van der Waals surface area contributed by atoms with E-state index in [1.54, 1.807) is 17.8 Å². The summed E-state index contributed by atoms with van der Waals surface area (Å²) in [6.45, 7) is 3.58. The number of anilines is 1. The zero-order valence-corrected chi connectivity index (χ0v) is 6.27. The Bertz CT molecular complexity index is 235. The van der Waals surface area contributed by atoms with Crippen LogP contribution in [0.15, 0.2) is 35.3 Å². The summed E-state index contributed by atoms with van der Waals surface area (Å²) < 4.78 is 0. The standard InChI is InChI=1S/C7H8N2S/c1-2-10-7-3-4-9-5-6(7)8/h2-5H,1,8H2. The molecular weight excluding hydrogens is 144 g/mol. The summed E-state index contributed by atoms with van der Waals surface area (Å²) in [5.74, 6) is 0. The van der Waals surface area contributed by atoms with Gasteiger partial charge in [0.05, 0.1) is 11.9 Å². The smallest absolute Gasteiger partial charge is 0.0642 e. The van der Waals surface area contributed by atoms with Crippen molar-refractivity contribution in [2.75, 3.05) is 5.73 Å². The van der Waals surface area contributed by atoms with Gasteiger partial charge in [-0.15, -0.1) is 0 Å². The van der Waals surface area contributed by atoms with Crippen LogP contribution in [0.1, 0.15) is 0 Å². The van der Waals surface area contributed by atoms with Gasteiger partial charge in [-0.1, -0.05) is 18.3 Å². The van der Waals surface area contributed by atoms with E-state index in [0.29, 0.717) is 5.69 Å². The van der Waals surface area contributed by atoms with Crippen LogP contribution in [0.4, 0.5) is 5.69 Å². The van der Waals surface area contributed by atoms with E-state index in [-0.39, 0.29) is 0 Å². The van der Waals surface area contributed by atoms with E-state index in [4.69, 9.17) is 5.73 Å². The first-order chi connectivity index (χ1) is 4.84. The van der Waals surface area contributed by atoms with Gasteiger partial charge in [-0.05, 0) is 11.5 Å². The van der Waals surface area contributed by atoms with E-state index in [2.05, 4.69) is 11.6 Å². The topological polar surface area (TPSA) is 38.9 Å². The number of nitrogens with zero attached hydrogens (tertiary/aromatic N) is 1. The predicted molar refractivity (Wildman–Crippen MR) is 44.7 cm³/mol. The Morgan fingerprint density at radius 2 is 2.50 bits per heavy atom. The minimum absolute atomic E-state index is 0.701. The van der Waals surface area contributed by atoms with Gasteiger partial charge in [0, 0.05) is 11.1 Å². The molecule has 2 nitrogen and oxygen atoms in total. The molecule has 0 fully saturated rings. The highest BCUT2D eigenvalue weighted by Crippen LogP contribution is 2.23. The van der Waals surface area contributed by atoms with Crippen molar-refractivity contribution in [2.24, 2.45) is 0 Å².